The van der Waals surface area contributed by atoms with Gasteiger partial charge in [-0.25, -0.2) is 4.98 Å². The van der Waals surface area contributed by atoms with Gasteiger partial charge in [0.2, 0.25) is 5.91 Å². The molecule has 2 aliphatic carbocycles. The predicted octanol–water partition coefficient (Wildman–Crippen LogP) is 2.72. The molecule has 0 spiro atoms. The molecule has 5 heteroatoms. The minimum atomic E-state index is 0.111. The van der Waals surface area contributed by atoms with E-state index in [4.69, 9.17) is 4.98 Å². The monoisotopic (exact) mass is 338 g/mol. The number of fused-ring (bicyclic) bond motifs is 1. The largest absolute Gasteiger partial charge is 0.355 e. The second-order valence-corrected chi connectivity index (χ2v) is 7.68. The zero-order chi connectivity index (χ0) is 17.2. The van der Waals surface area contributed by atoms with Gasteiger partial charge in [-0.1, -0.05) is 0 Å². The molecule has 0 bridgehead atoms. The number of piperidine rings is 1. The molecule has 0 unspecified atom stereocenters. The number of nitrogens with zero attached hydrogens (tertiary/aromatic N) is 3. The third-order valence-corrected chi connectivity index (χ3v) is 6.02. The van der Waals surface area contributed by atoms with Gasteiger partial charge in [0.05, 0.1) is 5.56 Å². The molecule has 1 aliphatic heterocycles. The molecule has 5 nitrogen and oxygen atoms in total. The van der Waals surface area contributed by atoms with Crippen LogP contribution in [0.4, 0.5) is 5.82 Å². The molecule has 25 heavy (non-hydrogen) atoms. The van der Waals surface area contributed by atoms with Crippen molar-refractivity contribution in [2.24, 2.45) is 5.92 Å². The Morgan fingerprint density at radius 1 is 1.16 bits per heavy atom. The molecule has 2 heterocycles. The molecule has 1 N–H and O–H groups in total. The Hall–Kier alpha value is -2.09. The van der Waals surface area contributed by atoms with Crippen LogP contribution in [0, 0.1) is 17.2 Å². The summed E-state index contributed by atoms with van der Waals surface area (Å²) in [6.45, 7) is 1.62. The highest BCUT2D eigenvalue weighted by Crippen LogP contribution is 2.29. The van der Waals surface area contributed by atoms with Gasteiger partial charge < -0.3 is 10.2 Å². The first-order valence-electron chi connectivity index (χ1n) is 9.73. The average Bonchev–Trinajstić information content (AvgIpc) is 2.63. The van der Waals surface area contributed by atoms with Gasteiger partial charge in [0.1, 0.15) is 11.9 Å². The van der Waals surface area contributed by atoms with E-state index in [-0.39, 0.29) is 11.8 Å². The lowest BCUT2D eigenvalue weighted by Crippen LogP contribution is -2.46. The number of hydrogen-bond donors (Lipinski definition) is 1. The zero-order valence-electron chi connectivity index (χ0n) is 14.8. The first-order valence-corrected chi connectivity index (χ1v) is 9.73. The maximum absolute atomic E-state index is 12.4. The van der Waals surface area contributed by atoms with E-state index < -0.39 is 0 Å². The topological polar surface area (TPSA) is 69.0 Å². The number of aryl methyl sites for hydroxylation is 2. The Morgan fingerprint density at radius 3 is 2.60 bits per heavy atom. The summed E-state index contributed by atoms with van der Waals surface area (Å²) >= 11 is 0. The Morgan fingerprint density at radius 2 is 1.92 bits per heavy atom. The van der Waals surface area contributed by atoms with E-state index in [0.29, 0.717) is 11.6 Å². The molecule has 0 atom stereocenters. The van der Waals surface area contributed by atoms with Crippen molar-refractivity contribution >= 4 is 11.7 Å². The smallest absolute Gasteiger partial charge is 0.223 e. The van der Waals surface area contributed by atoms with Crippen LogP contribution < -0.4 is 10.2 Å². The highest BCUT2D eigenvalue weighted by atomic mass is 16.2. The summed E-state index contributed by atoms with van der Waals surface area (Å²) in [6, 6.07) is 4.80. The Kier molecular flexibility index (Phi) is 4.61. The highest BCUT2D eigenvalue weighted by Gasteiger charge is 2.29. The van der Waals surface area contributed by atoms with Crippen LogP contribution in [0.2, 0.25) is 0 Å². The summed E-state index contributed by atoms with van der Waals surface area (Å²) in [4.78, 5) is 19.4. The van der Waals surface area contributed by atoms with Crippen LogP contribution in [-0.4, -0.2) is 30.0 Å². The van der Waals surface area contributed by atoms with E-state index in [1.807, 2.05) is 6.07 Å². The van der Waals surface area contributed by atoms with Gasteiger partial charge in [-0.15, -0.1) is 0 Å². The van der Waals surface area contributed by atoms with Crippen LogP contribution in [0.15, 0.2) is 6.07 Å². The minimum Gasteiger partial charge on any atom is -0.355 e. The van der Waals surface area contributed by atoms with Gasteiger partial charge in [-0.05, 0) is 69.4 Å². The van der Waals surface area contributed by atoms with Crippen LogP contribution >= 0.6 is 0 Å². The van der Waals surface area contributed by atoms with E-state index in [1.54, 1.807) is 0 Å². The van der Waals surface area contributed by atoms with Gasteiger partial charge in [-0.3, -0.25) is 4.79 Å². The lowest BCUT2D eigenvalue weighted by atomic mass is 9.90. The summed E-state index contributed by atoms with van der Waals surface area (Å²) in [7, 11) is 0. The SMILES string of the molecule is N#Cc1cc2c(nc1N1CCC(C(=O)NC3CCC3)CC1)CCCC2. The second kappa shape index (κ2) is 7.03. The van der Waals surface area contributed by atoms with Crippen LogP contribution in [-0.2, 0) is 17.6 Å². The summed E-state index contributed by atoms with van der Waals surface area (Å²) < 4.78 is 0. The van der Waals surface area contributed by atoms with E-state index in [9.17, 15) is 10.1 Å². The molecule has 1 aromatic rings. The van der Waals surface area contributed by atoms with Crippen molar-refractivity contribution in [3.05, 3.63) is 22.9 Å². The molecule has 1 saturated carbocycles. The predicted molar refractivity (Wildman–Crippen MR) is 96.3 cm³/mol. The Bertz CT molecular complexity index is 696. The summed E-state index contributed by atoms with van der Waals surface area (Å²) in [6.07, 6.45) is 9.66. The number of carbonyl (C=O) groups is 1. The number of aromatic nitrogens is 1. The van der Waals surface area contributed by atoms with Gasteiger partial charge in [0.25, 0.3) is 0 Å². The van der Waals surface area contributed by atoms with E-state index in [2.05, 4.69) is 16.3 Å². The summed E-state index contributed by atoms with van der Waals surface area (Å²) in [5.41, 5.74) is 3.12. The number of amides is 1. The molecule has 132 valence electrons. The number of hydrogen-bond acceptors (Lipinski definition) is 4. The molecule has 1 amide bonds. The zero-order valence-corrected chi connectivity index (χ0v) is 14.8. The van der Waals surface area contributed by atoms with Crippen molar-refractivity contribution in [3.63, 3.8) is 0 Å². The summed E-state index contributed by atoms with van der Waals surface area (Å²) in [5.74, 6) is 1.17. The van der Waals surface area contributed by atoms with Crippen molar-refractivity contribution in [1.82, 2.24) is 10.3 Å². The second-order valence-electron chi connectivity index (χ2n) is 7.68. The van der Waals surface area contributed by atoms with E-state index in [1.165, 1.54) is 30.5 Å². The molecular weight excluding hydrogens is 312 g/mol. The fourth-order valence-corrected chi connectivity index (χ4v) is 4.17. The molecule has 1 saturated heterocycles. The quantitative estimate of drug-likeness (QED) is 0.920. The molecule has 0 radical (unpaired) electrons. The molecular formula is C20H26N4O. The highest BCUT2D eigenvalue weighted by molar-refractivity contribution is 5.79. The lowest BCUT2D eigenvalue weighted by Gasteiger charge is -2.35. The fraction of sp³-hybridized carbons (Fsp3) is 0.650. The number of carbonyl (C=O) groups excluding carboxylic acids is 1. The molecule has 3 aliphatic rings. The van der Waals surface area contributed by atoms with Crippen molar-refractivity contribution in [3.8, 4) is 6.07 Å². The van der Waals surface area contributed by atoms with Crippen LogP contribution in [0.5, 0.6) is 0 Å². The lowest BCUT2D eigenvalue weighted by molar-refractivity contribution is -0.126. The number of anilines is 1. The normalized spacial score (nSPS) is 21.2. The van der Waals surface area contributed by atoms with E-state index >= 15 is 0 Å². The van der Waals surface area contributed by atoms with Gasteiger partial charge in [-0.2, -0.15) is 5.26 Å². The van der Waals surface area contributed by atoms with Crippen molar-refractivity contribution in [1.29, 1.82) is 5.26 Å². The van der Waals surface area contributed by atoms with Gasteiger partial charge in [0, 0.05) is 30.7 Å². The van der Waals surface area contributed by atoms with Crippen molar-refractivity contribution in [2.45, 2.75) is 63.8 Å². The third kappa shape index (κ3) is 3.35. The Labute approximate surface area is 149 Å². The molecule has 1 aromatic heterocycles. The average molecular weight is 338 g/mol. The van der Waals surface area contributed by atoms with E-state index in [0.717, 1.165) is 57.4 Å². The third-order valence-electron chi connectivity index (χ3n) is 6.02. The number of rotatable bonds is 3. The summed E-state index contributed by atoms with van der Waals surface area (Å²) in [5, 5.41) is 12.7. The maximum Gasteiger partial charge on any atom is 0.223 e. The number of nitrogens with one attached hydrogen (secondary N) is 1. The minimum absolute atomic E-state index is 0.111. The Balaban J connectivity index is 1.43. The number of pyridine rings is 1. The van der Waals surface area contributed by atoms with Crippen molar-refractivity contribution < 1.29 is 4.79 Å². The molecule has 0 aromatic carbocycles. The van der Waals surface area contributed by atoms with Gasteiger partial charge >= 0.3 is 0 Å². The molecule has 4 rings (SSSR count). The first kappa shape index (κ1) is 16.4. The maximum atomic E-state index is 12.4. The first-order chi connectivity index (χ1) is 12.2. The standard InChI is InChI=1S/C20H26N4O/c21-13-16-12-15-4-1-2-7-18(15)23-19(16)24-10-8-14(9-11-24)20(25)22-17-5-3-6-17/h12,14,17H,1-11H2,(H,22,25). The number of nitriles is 1. The van der Waals surface area contributed by atoms with Crippen molar-refractivity contribution in [2.75, 3.05) is 18.0 Å². The van der Waals surface area contributed by atoms with Gasteiger partial charge in [0.15, 0.2) is 0 Å². The van der Waals surface area contributed by atoms with Crippen LogP contribution in [0.1, 0.15) is 61.8 Å². The van der Waals surface area contributed by atoms with Crippen LogP contribution in [0.25, 0.3) is 0 Å². The van der Waals surface area contributed by atoms with Crippen LogP contribution in [0.3, 0.4) is 0 Å². The fourth-order valence-electron chi connectivity index (χ4n) is 4.17. The molecule has 2 fully saturated rings.